The summed E-state index contributed by atoms with van der Waals surface area (Å²) in [6.07, 6.45) is -2.68. The van der Waals surface area contributed by atoms with Crippen LogP contribution in [0.1, 0.15) is 47.1 Å². The molecule has 0 bridgehead atoms. The van der Waals surface area contributed by atoms with Crippen LogP contribution in [0.3, 0.4) is 0 Å². The normalized spacial score (nSPS) is 14.6. The van der Waals surface area contributed by atoms with Crippen LogP contribution >= 0.6 is 0 Å². The van der Waals surface area contributed by atoms with Crippen molar-refractivity contribution in [2.75, 3.05) is 6.54 Å². The second kappa shape index (κ2) is 7.21. The van der Waals surface area contributed by atoms with E-state index in [1.54, 1.807) is 6.92 Å². The molecule has 0 saturated heterocycles. The Morgan fingerprint density at radius 3 is 2.57 bits per heavy atom. The summed E-state index contributed by atoms with van der Waals surface area (Å²) in [6, 6.07) is 3.46. The van der Waals surface area contributed by atoms with Crippen molar-refractivity contribution in [3.63, 3.8) is 0 Å². The van der Waals surface area contributed by atoms with E-state index >= 15 is 0 Å². The molecule has 3 N–H and O–H groups in total. The minimum atomic E-state index is -4.63. The number of alkyl halides is 3. The number of nitrogens with one attached hydrogen (secondary N) is 1. The van der Waals surface area contributed by atoms with E-state index in [0.29, 0.717) is 25.0 Å². The smallest absolute Gasteiger partial charge is 0.352 e. The topological polar surface area (TPSA) is 107 Å². The molecule has 11 heteroatoms. The number of hydrogen-bond donors (Lipinski definition) is 2. The molecule has 1 aliphatic carbocycles. The number of nitrogens with two attached hydrogens (primary N) is 1. The Morgan fingerprint density at radius 2 is 1.96 bits per heavy atom. The van der Waals surface area contributed by atoms with E-state index in [1.165, 1.54) is 6.07 Å². The van der Waals surface area contributed by atoms with Gasteiger partial charge in [0.25, 0.3) is 5.91 Å². The third-order valence-electron chi connectivity index (χ3n) is 4.56. The summed E-state index contributed by atoms with van der Waals surface area (Å²) in [5.74, 6) is -0.628. The SMILES string of the molecule is CCNC(=O)c1cc(S(N)(=O)=O)ccc1-n1nc(C(F)(F)F)c2c1CCCC2. The summed E-state index contributed by atoms with van der Waals surface area (Å²) in [5.41, 5.74) is -0.506. The molecule has 0 atom stereocenters. The monoisotopic (exact) mass is 416 g/mol. The van der Waals surface area contributed by atoms with Gasteiger partial charge in [0.2, 0.25) is 10.0 Å². The van der Waals surface area contributed by atoms with Crippen molar-refractivity contribution in [1.82, 2.24) is 15.1 Å². The molecule has 0 unspecified atom stereocenters. The first-order valence-corrected chi connectivity index (χ1v) is 10.2. The van der Waals surface area contributed by atoms with Gasteiger partial charge in [-0.1, -0.05) is 0 Å². The van der Waals surface area contributed by atoms with Gasteiger partial charge in [-0.3, -0.25) is 4.79 Å². The maximum Gasteiger partial charge on any atom is 0.435 e. The second-order valence-corrected chi connectivity index (χ2v) is 8.04. The summed E-state index contributed by atoms with van der Waals surface area (Å²) >= 11 is 0. The fraction of sp³-hybridized carbons (Fsp3) is 0.412. The quantitative estimate of drug-likeness (QED) is 0.796. The molecule has 0 aliphatic heterocycles. The van der Waals surface area contributed by atoms with Gasteiger partial charge in [0, 0.05) is 17.8 Å². The fourth-order valence-electron chi connectivity index (χ4n) is 3.34. The zero-order valence-electron chi connectivity index (χ0n) is 15.0. The largest absolute Gasteiger partial charge is 0.435 e. The van der Waals surface area contributed by atoms with Crippen LogP contribution in [-0.4, -0.2) is 30.7 Å². The number of benzene rings is 1. The van der Waals surface area contributed by atoms with E-state index in [4.69, 9.17) is 5.14 Å². The van der Waals surface area contributed by atoms with Crippen molar-refractivity contribution in [3.05, 3.63) is 40.7 Å². The third-order valence-corrected chi connectivity index (χ3v) is 5.47. The molecule has 152 valence electrons. The maximum absolute atomic E-state index is 13.5. The number of rotatable bonds is 4. The number of amides is 1. The van der Waals surface area contributed by atoms with E-state index < -0.39 is 27.8 Å². The number of carbonyl (C=O) groups excluding carboxylic acids is 1. The van der Waals surface area contributed by atoms with Crippen molar-refractivity contribution in [2.24, 2.45) is 5.14 Å². The van der Waals surface area contributed by atoms with Gasteiger partial charge in [-0.25, -0.2) is 18.2 Å². The summed E-state index contributed by atoms with van der Waals surface area (Å²) in [4.78, 5) is 12.2. The van der Waals surface area contributed by atoms with Gasteiger partial charge in [0.15, 0.2) is 5.69 Å². The number of carbonyl (C=O) groups is 1. The first-order chi connectivity index (χ1) is 13.0. The molecular formula is C17H19F3N4O3S. The standard InChI is InChI=1S/C17H19F3N4O3S/c1-2-22-16(25)12-9-10(28(21,26)27)7-8-14(12)24-13-6-4-3-5-11(13)15(23-24)17(18,19)20/h7-9H,2-6H2,1H3,(H,22,25)(H2,21,26,27). The highest BCUT2D eigenvalue weighted by Crippen LogP contribution is 2.37. The molecule has 2 aromatic rings. The molecule has 1 amide bonds. The van der Waals surface area contributed by atoms with Crippen molar-refractivity contribution >= 4 is 15.9 Å². The van der Waals surface area contributed by atoms with Crippen molar-refractivity contribution in [3.8, 4) is 5.69 Å². The van der Waals surface area contributed by atoms with E-state index in [9.17, 15) is 26.4 Å². The Kier molecular flexibility index (Phi) is 5.24. The van der Waals surface area contributed by atoms with Crippen molar-refractivity contribution in [2.45, 2.75) is 43.7 Å². The van der Waals surface area contributed by atoms with E-state index in [0.717, 1.165) is 16.8 Å². The molecule has 0 spiro atoms. The molecule has 1 aliphatic rings. The number of sulfonamides is 1. The summed E-state index contributed by atoms with van der Waals surface area (Å²) in [6.45, 7) is 1.92. The van der Waals surface area contributed by atoms with Crippen molar-refractivity contribution < 1.29 is 26.4 Å². The number of fused-ring (bicyclic) bond motifs is 1. The first kappa shape index (κ1) is 20.3. The second-order valence-electron chi connectivity index (χ2n) is 6.47. The van der Waals surface area contributed by atoms with Crippen LogP contribution in [0.4, 0.5) is 13.2 Å². The number of primary sulfonamides is 1. The average molecular weight is 416 g/mol. The first-order valence-electron chi connectivity index (χ1n) is 8.67. The molecule has 3 rings (SSSR count). The molecule has 1 aromatic carbocycles. The Labute approximate surface area is 159 Å². The molecule has 7 nitrogen and oxygen atoms in total. The Hall–Kier alpha value is -2.40. The van der Waals surface area contributed by atoms with Crippen LogP contribution in [0.15, 0.2) is 23.1 Å². The van der Waals surface area contributed by atoms with Gasteiger partial charge in [0.05, 0.1) is 16.1 Å². The Bertz CT molecular complexity index is 1030. The number of aromatic nitrogens is 2. The average Bonchev–Trinajstić information content (AvgIpc) is 3.00. The predicted molar refractivity (Wildman–Crippen MR) is 94.6 cm³/mol. The maximum atomic E-state index is 13.5. The lowest BCUT2D eigenvalue weighted by Crippen LogP contribution is -2.25. The lowest BCUT2D eigenvalue weighted by atomic mass is 9.95. The third kappa shape index (κ3) is 3.76. The molecule has 0 fully saturated rings. The predicted octanol–water partition coefficient (Wildman–Crippen LogP) is 2.17. The highest BCUT2D eigenvalue weighted by atomic mass is 32.2. The molecule has 0 radical (unpaired) electrons. The van der Waals surface area contributed by atoms with Gasteiger partial charge < -0.3 is 5.32 Å². The zero-order valence-corrected chi connectivity index (χ0v) is 15.8. The number of nitrogens with zero attached hydrogens (tertiary/aromatic N) is 2. The minimum Gasteiger partial charge on any atom is -0.352 e. The van der Waals surface area contributed by atoms with Crippen LogP contribution < -0.4 is 10.5 Å². The van der Waals surface area contributed by atoms with Crippen LogP contribution in [0.5, 0.6) is 0 Å². The van der Waals surface area contributed by atoms with Gasteiger partial charge in [-0.2, -0.15) is 18.3 Å². The van der Waals surface area contributed by atoms with Crippen LogP contribution in [0.2, 0.25) is 0 Å². The lowest BCUT2D eigenvalue weighted by Gasteiger charge is -2.17. The number of halogens is 3. The van der Waals surface area contributed by atoms with Gasteiger partial charge in [0.1, 0.15) is 0 Å². The Balaban J connectivity index is 2.26. The van der Waals surface area contributed by atoms with E-state index in [-0.39, 0.29) is 34.7 Å². The zero-order chi connectivity index (χ0) is 20.7. The minimum absolute atomic E-state index is 0.0759. The van der Waals surface area contributed by atoms with Crippen LogP contribution in [-0.2, 0) is 29.0 Å². The highest BCUT2D eigenvalue weighted by molar-refractivity contribution is 7.89. The Morgan fingerprint density at radius 1 is 1.29 bits per heavy atom. The van der Waals surface area contributed by atoms with Gasteiger partial charge in [-0.05, 0) is 50.8 Å². The van der Waals surface area contributed by atoms with Crippen molar-refractivity contribution in [1.29, 1.82) is 0 Å². The number of hydrogen-bond acceptors (Lipinski definition) is 4. The fourth-order valence-corrected chi connectivity index (χ4v) is 3.88. The molecule has 1 heterocycles. The highest BCUT2D eigenvalue weighted by Gasteiger charge is 2.40. The summed E-state index contributed by atoms with van der Waals surface area (Å²) in [5, 5.41) is 11.4. The summed E-state index contributed by atoms with van der Waals surface area (Å²) in [7, 11) is -4.10. The van der Waals surface area contributed by atoms with Gasteiger partial charge in [-0.15, -0.1) is 0 Å². The lowest BCUT2D eigenvalue weighted by molar-refractivity contribution is -0.142. The van der Waals surface area contributed by atoms with Gasteiger partial charge >= 0.3 is 6.18 Å². The van der Waals surface area contributed by atoms with Crippen LogP contribution in [0.25, 0.3) is 5.69 Å². The molecule has 1 aromatic heterocycles. The van der Waals surface area contributed by atoms with Crippen LogP contribution in [0, 0.1) is 0 Å². The van der Waals surface area contributed by atoms with E-state index in [2.05, 4.69) is 10.4 Å². The molecular weight excluding hydrogens is 397 g/mol. The summed E-state index contributed by atoms with van der Waals surface area (Å²) < 4.78 is 64.8. The molecule has 28 heavy (non-hydrogen) atoms. The van der Waals surface area contributed by atoms with E-state index in [1.807, 2.05) is 0 Å². The molecule has 0 saturated carbocycles.